The Morgan fingerprint density at radius 1 is 1.20 bits per heavy atom. The van der Waals surface area contributed by atoms with Gasteiger partial charge in [0.2, 0.25) is 0 Å². The lowest BCUT2D eigenvalue weighted by Crippen LogP contribution is -2.04. The molecule has 0 heterocycles. The molecule has 0 aromatic heterocycles. The Morgan fingerprint density at radius 3 is 2.65 bits per heavy atom. The van der Waals surface area contributed by atoms with E-state index in [0.29, 0.717) is 26.9 Å². The van der Waals surface area contributed by atoms with E-state index < -0.39 is 5.78 Å². The quantitative estimate of drug-likeness (QED) is 0.626. The van der Waals surface area contributed by atoms with Gasteiger partial charge < -0.3 is 4.74 Å². The van der Waals surface area contributed by atoms with Crippen molar-refractivity contribution in [3.63, 3.8) is 0 Å². The standard InChI is InChI=1S/C15H9Cl2NO2/c16-11-5-6-15(13(17)7-11)20-9-10-3-1-2-4-12(10)14(19)8-18/h1-7H,9H2. The summed E-state index contributed by atoms with van der Waals surface area (Å²) >= 11 is 11.8. The lowest BCUT2D eigenvalue weighted by molar-refractivity contribution is 0.105. The number of Topliss-reactive ketones (excluding diaryl/α,β-unsaturated/α-hetero) is 1. The zero-order chi connectivity index (χ0) is 14.5. The van der Waals surface area contributed by atoms with Gasteiger partial charge in [0.1, 0.15) is 18.4 Å². The molecule has 20 heavy (non-hydrogen) atoms. The molecule has 0 atom stereocenters. The number of benzene rings is 2. The number of rotatable bonds is 4. The number of ketones is 1. The second-order valence-corrected chi connectivity index (χ2v) is 4.81. The van der Waals surface area contributed by atoms with Gasteiger partial charge in [-0.25, -0.2) is 0 Å². The SMILES string of the molecule is N#CC(=O)c1ccccc1COc1ccc(Cl)cc1Cl. The molecular formula is C15H9Cl2NO2. The van der Waals surface area contributed by atoms with Crippen molar-refractivity contribution in [2.75, 3.05) is 0 Å². The number of hydrogen-bond donors (Lipinski definition) is 0. The maximum Gasteiger partial charge on any atom is 0.262 e. The molecule has 100 valence electrons. The summed E-state index contributed by atoms with van der Waals surface area (Å²) in [4.78, 5) is 11.5. The van der Waals surface area contributed by atoms with Crippen LogP contribution < -0.4 is 4.74 Å². The summed E-state index contributed by atoms with van der Waals surface area (Å²) in [6, 6.07) is 13.3. The second-order valence-electron chi connectivity index (χ2n) is 3.96. The van der Waals surface area contributed by atoms with Crippen molar-refractivity contribution in [1.29, 1.82) is 5.26 Å². The lowest BCUT2D eigenvalue weighted by atomic mass is 10.1. The van der Waals surface area contributed by atoms with Gasteiger partial charge in [0.05, 0.1) is 5.02 Å². The van der Waals surface area contributed by atoms with Crippen LogP contribution >= 0.6 is 23.2 Å². The Morgan fingerprint density at radius 2 is 1.95 bits per heavy atom. The van der Waals surface area contributed by atoms with Crippen molar-refractivity contribution >= 4 is 29.0 Å². The average Bonchev–Trinajstić information content (AvgIpc) is 2.46. The molecule has 0 unspecified atom stereocenters. The maximum atomic E-state index is 11.5. The summed E-state index contributed by atoms with van der Waals surface area (Å²) in [5.74, 6) is -0.123. The van der Waals surface area contributed by atoms with Crippen LogP contribution in [0.3, 0.4) is 0 Å². The van der Waals surface area contributed by atoms with Gasteiger partial charge in [-0.15, -0.1) is 0 Å². The Bertz CT molecular complexity index is 693. The minimum atomic E-state index is -0.591. The average molecular weight is 306 g/mol. The minimum Gasteiger partial charge on any atom is -0.487 e. The largest absolute Gasteiger partial charge is 0.487 e. The molecule has 5 heteroatoms. The zero-order valence-corrected chi connectivity index (χ0v) is 11.8. The van der Waals surface area contributed by atoms with E-state index in [0.717, 1.165) is 0 Å². The molecule has 0 aliphatic rings. The molecule has 0 bridgehead atoms. The number of ether oxygens (including phenoxy) is 1. The molecular weight excluding hydrogens is 297 g/mol. The molecule has 3 nitrogen and oxygen atoms in total. The fourth-order valence-electron chi connectivity index (χ4n) is 1.68. The van der Waals surface area contributed by atoms with Crippen LogP contribution in [0.1, 0.15) is 15.9 Å². The van der Waals surface area contributed by atoms with Crippen LogP contribution in [0.2, 0.25) is 10.0 Å². The third-order valence-electron chi connectivity index (χ3n) is 2.64. The Labute approximate surface area is 126 Å². The zero-order valence-electron chi connectivity index (χ0n) is 10.3. The molecule has 0 spiro atoms. The smallest absolute Gasteiger partial charge is 0.262 e. The molecule has 0 amide bonds. The summed E-state index contributed by atoms with van der Waals surface area (Å²) in [6.07, 6.45) is 0. The molecule has 2 aromatic rings. The molecule has 0 saturated heterocycles. The molecule has 0 radical (unpaired) electrons. The predicted octanol–water partition coefficient (Wildman–Crippen LogP) is 4.28. The van der Waals surface area contributed by atoms with E-state index in [1.165, 1.54) is 0 Å². The number of carbonyl (C=O) groups excluding carboxylic acids is 1. The van der Waals surface area contributed by atoms with Crippen LogP contribution in [-0.4, -0.2) is 5.78 Å². The van der Waals surface area contributed by atoms with E-state index in [9.17, 15) is 4.79 Å². The summed E-state index contributed by atoms with van der Waals surface area (Å²) in [5, 5.41) is 9.60. The first-order valence-corrected chi connectivity index (χ1v) is 6.47. The van der Waals surface area contributed by atoms with Crippen molar-refractivity contribution in [2.45, 2.75) is 6.61 Å². The number of carbonyl (C=O) groups is 1. The number of halogens is 2. The van der Waals surface area contributed by atoms with Gasteiger partial charge in [-0.05, 0) is 24.3 Å². The van der Waals surface area contributed by atoms with Crippen molar-refractivity contribution in [1.82, 2.24) is 0 Å². The third-order valence-corrected chi connectivity index (χ3v) is 3.17. The molecule has 2 aromatic carbocycles. The van der Waals surface area contributed by atoms with Crippen molar-refractivity contribution in [3.8, 4) is 11.8 Å². The van der Waals surface area contributed by atoms with E-state index in [4.69, 9.17) is 33.2 Å². The summed E-state index contributed by atoms with van der Waals surface area (Å²) in [6.45, 7) is 0.144. The highest BCUT2D eigenvalue weighted by molar-refractivity contribution is 6.35. The van der Waals surface area contributed by atoms with Gasteiger partial charge in [-0.3, -0.25) is 4.79 Å². The van der Waals surface area contributed by atoms with E-state index in [1.807, 2.05) is 0 Å². The van der Waals surface area contributed by atoms with Gasteiger partial charge in [-0.1, -0.05) is 41.4 Å². The van der Waals surface area contributed by atoms with E-state index >= 15 is 0 Å². The topological polar surface area (TPSA) is 50.1 Å². The van der Waals surface area contributed by atoms with Crippen LogP contribution in [0.4, 0.5) is 0 Å². The molecule has 0 N–H and O–H groups in total. The predicted molar refractivity (Wildman–Crippen MR) is 77.2 cm³/mol. The molecule has 2 rings (SSSR count). The van der Waals surface area contributed by atoms with Crippen LogP contribution in [0.15, 0.2) is 42.5 Å². The highest BCUT2D eigenvalue weighted by Gasteiger charge is 2.11. The second kappa shape index (κ2) is 6.42. The first kappa shape index (κ1) is 14.4. The van der Waals surface area contributed by atoms with E-state index in [1.54, 1.807) is 48.5 Å². The van der Waals surface area contributed by atoms with Crippen molar-refractivity contribution in [3.05, 3.63) is 63.6 Å². The fraction of sp³-hybridized carbons (Fsp3) is 0.0667. The van der Waals surface area contributed by atoms with Crippen LogP contribution in [0.5, 0.6) is 5.75 Å². The Balaban J connectivity index is 2.19. The van der Waals surface area contributed by atoms with Crippen molar-refractivity contribution in [2.24, 2.45) is 0 Å². The highest BCUT2D eigenvalue weighted by Crippen LogP contribution is 2.28. The molecule has 0 fully saturated rings. The molecule has 0 aliphatic heterocycles. The van der Waals surface area contributed by atoms with Gasteiger partial charge in [0.15, 0.2) is 0 Å². The van der Waals surface area contributed by atoms with Crippen LogP contribution in [0, 0.1) is 11.3 Å². The normalized spacial score (nSPS) is 9.85. The summed E-state index contributed by atoms with van der Waals surface area (Å²) in [5.41, 5.74) is 0.963. The Kier molecular flexibility index (Phi) is 4.62. The van der Waals surface area contributed by atoms with Crippen LogP contribution in [-0.2, 0) is 6.61 Å². The van der Waals surface area contributed by atoms with Gasteiger partial charge in [-0.2, -0.15) is 5.26 Å². The molecule has 0 aliphatic carbocycles. The minimum absolute atomic E-state index is 0.144. The number of hydrogen-bond acceptors (Lipinski definition) is 3. The Hall–Kier alpha value is -2.02. The summed E-state index contributed by atoms with van der Waals surface area (Å²) in [7, 11) is 0. The maximum absolute atomic E-state index is 11.5. The van der Waals surface area contributed by atoms with Crippen LogP contribution in [0.25, 0.3) is 0 Å². The summed E-state index contributed by atoms with van der Waals surface area (Å²) < 4.78 is 5.56. The van der Waals surface area contributed by atoms with E-state index in [-0.39, 0.29) is 6.61 Å². The molecule has 0 saturated carbocycles. The highest BCUT2D eigenvalue weighted by atomic mass is 35.5. The third kappa shape index (κ3) is 3.30. The lowest BCUT2D eigenvalue weighted by Gasteiger charge is -2.10. The van der Waals surface area contributed by atoms with E-state index in [2.05, 4.69) is 0 Å². The first-order valence-electron chi connectivity index (χ1n) is 5.72. The van der Waals surface area contributed by atoms with Gasteiger partial charge in [0, 0.05) is 16.1 Å². The number of nitriles is 1. The monoisotopic (exact) mass is 305 g/mol. The van der Waals surface area contributed by atoms with Crippen molar-refractivity contribution < 1.29 is 9.53 Å². The van der Waals surface area contributed by atoms with Gasteiger partial charge >= 0.3 is 0 Å². The first-order chi connectivity index (χ1) is 9.61. The van der Waals surface area contributed by atoms with Gasteiger partial charge in [0.25, 0.3) is 5.78 Å². The fourth-order valence-corrected chi connectivity index (χ4v) is 2.14. The number of nitrogens with zero attached hydrogens (tertiary/aromatic N) is 1.